The number of sulfonamides is 1. The van der Waals surface area contributed by atoms with Gasteiger partial charge in [0, 0.05) is 45.0 Å². The lowest BCUT2D eigenvalue weighted by atomic mass is 10.2. The lowest BCUT2D eigenvalue weighted by Crippen LogP contribution is -2.48. The van der Waals surface area contributed by atoms with Crippen molar-refractivity contribution in [3.63, 3.8) is 0 Å². The minimum Gasteiger partial charge on any atom is -0.495 e. The molecule has 0 amide bonds. The molecule has 0 spiro atoms. The Morgan fingerprint density at radius 3 is 2.45 bits per heavy atom. The molecule has 0 aliphatic carbocycles. The molecule has 1 aliphatic rings. The summed E-state index contributed by atoms with van der Waals surface area (Å²) in [4.78, 5) is 32.7. The van der Waals surface area contributed by atoms with Crippen LogP contribution in [-0.4, -0.2) is 69.0 Å². The number of H-pyrrole nitrogens is 1. The van der Waals surface area contributed by atoms with Crippen LogP contribution in [-0.2, 0) is 16.6 Å². The van der Waals surface area contributed by atoms with Crippen molar-refractivity contribution >= 4 is 32.3 Å². The van der Waals surface area contributed by atoms with Crippen LogP contribution in [0.1, 0.15) is 0 Å². The minimum absolute atomic E-state index is 0.239. The van der Waals surface area contributed by atoms with Crippen LogP contribution in [0.5, 0.6) is 5.75 Å². The lowest BCUT2D eigenvalue weighted by molar-refractivity contribution is 0.245. The topological polar surface area (TPSA) is 117 Å². The molecule has 1 fully saturated rings. The van der Waals surface area contributed by atoms with Crippen molar-refractivity contribution < 1.29 is 13.2 Å². The summed E-state index contributed by atoms with van der Waals surface area (Å²) < 4.78 is 32.0. The summed E-state index contributed by atoms with van der Waals surface area (Å²) in [5, 5.41) is 0.254. The SMILES string of the molecule is COc1ccccc1N1CCN(CCn2c(=O)[nH]c3ccc(NS(C)(=O)=O)cc3c2=O)CC1. The molecule has 2 heterocycles. The Morgan fingerprint density at radius 1 is 1.03 bits per heavy atom. The molecule has 11 heteroatoms. The number of aromatic nitrogens is 2. The quantitative estimate of drug-likeness (QED) is 0.523. The highest BCUT2D eigenvalue weighted by molar-refractivity contribution is 7.92. The van der Waals surface area contributed by atoms with E-state index in [1.54, 1.807) is 7.11 Å². The number of methoxy groups -OCH3 is 1. The Morgan fingerprint density at radius 2 is 1.76 bits per heavy atom. The Bertz CT molecular complexity index is 1370. The van der Waals surface area contributed by atoms with E-state index in [-0.39, 0.29) is 17.6 Å². The summed E-state index contributed by atoms with van der Waals surface area (Å²) in [6, 6.07) is 12.4. The highest BCUT2D eigenvalue weighted by Gasteiger charge is 2.20. The van der Waals surface area contributed by atoms with E-state index in [2.05, 4.69) is 19.5 Å². The van der Waals surface area contributed by atoms with Gasteiger partial charge in [0.15, 0.2) is 0 Å². The van der Waals surface area contributed by atoms with Gasteiger partial charge in [0.25, 0.3) is 5.56 Å². The van der Waals surface area contributed by atoms with E-state index >= 15 is 0 Å². The van der Waals surface area contributed by atoms with Crippen LogP contribution in [0.25, 0.3) is 10.9 Å². The van der Waals surface area contributed by atoms with E-state index in [4.69, 9.17) is 4.74 Å². The fraction of sp³-hybridized carbons (Fsp3) is 0.364. The summed E-state index contributed by atoms with van der Waals surface area (Å²) >= 11 is 0. The molecule has 33 heavy (non-hydrogen) atoms. The van der Waals surface area contributed by atoms with Crippen molar-refractivity contribution in [1.82, 2.24) is 14.5 Å². The molecule has 0 bridgehead atoms. The van der Waals surface area contributed by atoms with Crippen LogP contribution in [0, 0.1) is 0 Å². The van der Waals surface area contributed by atoms with E-state index in [0.29, 0.717) is 12.1 Å². The number of ether oxygens (including phenoxy) is 1. The van der Waals surface area contributed by atoms with Crippen molar-refractivity contribution in [1.29, 1.82) is 0 Å². The molecule has 0 saturated carbocycles. The summed E-state index contributed by atoms with van der Waals surface area (Å²) in [7, 11) is -1.82. The van der Waals surface area contributed by atoms with Gasteiger partial charge in [-0.05, 0) is 30.3 Å². The molecular formula is C22H27N5O5S. The standard InChI is InChI=1S/C22H27N5O5S/c1-32-20-6-4-3-5-19(20)26-12-9-25(10-13-26)11-14-27-21(28)17-15-16(24-33(2,30)31)7-8-18(17)23-22(27)29/h3-8,15,24H,9-14H2,1-2H3,(H,23,29). The first kappa shape index (κ1) is 22.9. The minimum atomic E-state index is -3.48. The Hall–Kier alpha value is -3.31. The molecule has 0 atom stereocenters. The van der Waals surface area contributed by atoms with Crippen LogP contribution in [0.15, 0.2) is 52.1 Å². The molecule has 4 rings (SSSR count). The van der Waals surface area contributed by atoms with Gasteiger partial charge in [0.2, 0.25) is 10.0 Å². The maximum Gasteiger partial charge on any atom is 0.328 e. The van der Waals surface area contributed by atoms with Crippen LogP contribution in [0.3, 0.4) is 0 Å². The van der Waals surface area contributed by atoms with Crippen molar-refractivity contribution in [2.45, 2.75) is 6.54 Å². The average molecular weight is 474 g/mol. The van der Waals surface area contributed by atoms with Gasteiger partial charge in [0.1, 0.15) is 5.75 Å². The van der Waals surface area contributed by atoms with E-state index in [1.807, 2.05) is 24.3 Å². The number of aromatic amines is 1. The third-order valence-electron chi connectivity index (χ3n) is 5.72. The number of fused-ring (bicyclic) bond motifs is 1. The normalized spacial score (nSPS) is 15.0. The third kappa shape index (κ3) is 5.20. The fourth-order valence-electron chi connectivity index (χ4n) is 4.08. The highest BCUT2D eigenvalue weighted by Crippen LogP contribution is 2.28. The first-order valence-corrected chi connectivity index (χ1v) is 12.5. The summed E-state index contributed by atoms with van der Waals surface area (Å²) in [6.45, 7) is 3.99. The van der Waals surface area contributed by atoms with E-state index < -0.39 is 21.3 Å². The second-order valence-corrected chi connectivity index (χ2v) is 9.77. The monoisotopic (exact) mass is 473 g/mol. The van der Waals surface area contributed by atoms with Crippen LogP contribution < -0.4 is 25.6 Å². The van der Waals surface area contributed by atoms with Gasteiger partial charge in [-0.3, -0.25) is 19.0 Å². The number of anilines is 2. The number of hydrogen-bond donors (Lipinski definition) is 2. The highest BCUT2D eigenvalue weighted by atomic mass is 32.2. The second-order valence-electron chi connectivity index (χ2n) is 8.02. The van der Waals surface area contributed by atoms with Crippen LogP contribution in [0.2, 0.25) is 0 Å². The molecule has 2 aromatic carbocycles. The van der Waals surface area contributed by atoms with Crippen molar-refractivity contribution in [3.8, 4) is 5.75 Å². The smallest absolute Gasteiger partial charge is 0.328 e. The fourth-order valence-corrected chi connectivity index (χ4v) is 4.63. The summed E-state index contributed by atoms with van der Waals surface area (Å²) in [6.07, 6.45) is 1.04. The van der Waals surface area contributed by atoms with E-state index in [9.17, 15) is 18.0 Å². The van der Waals surface area contributed by atoms with Gasteiger partial charge in [-0.25, -0.2) is 13.2 Å². The summed E-state index contributed by atoms with van der Waals surface area (Å²) in [5.41, 5.74) is 0.766. The maximum absolute atomic E-state index is 13.0. The van der Waals surface area contributed by atoms with E-state index in [1.165, 1.54) is 22.8 Å². The molecule has 1 aliphatic heterocycles. The predicted molar refractivity (Wildman–Crippen MR) is 129 cm³/mol. The van der Waals surface area contributed by atoms with E-state index in [0.717, 1.165) is 43.9 Å². The van der Waals surface area contributed by atoms with Crippen LogP contribution in [0.4, 0.5) is 11.4 Å². The lowest BCUT2D eigenvalue weighted by Gasteiger charge is -2.36. The Labute approximate surface area is 191 Å². The Balaban J connectivity index is 1.46. The number of hydrogen-bond acceptors (Lipinski definition) is 7. The van der Waals surface area contributed by atoms with Crippen LogP contribution >= 0.6 is 0 Å². The largest absolute Gasteiger partial charge is 0.495 e. The van der Waals surface area contributed by atoms with Gasteiger partial charge in [-0.1, -0.05) is 12.1 Å². The number of nitrogens with zero attached hydrogens (tertiary/aromatic N) is 3. The zero-order chi connectivity index (χ0) is 23.6. The molecule has 10 nitrogen and oxygen atoms in total. The average Bonchev–Trinajstić information content (AvgIpc) is 2.79. The molecule has 0 unspecified atom stereocenters. The molecule has 0 radical (unpaired) electrons. The zero-order valence-corrected chi connectivity index (χ0v) is 19.4. The molecule has 1 saturated heterocycles. The molecule has 2 N–H and O–H groups in total. The first-order valence-electron chi connectivity index (χ1n) is 10.6. The number of rotatable bonds is 7. The number of para-hydroxylation sites is 2. The summed E-state index contributed by atoms with van der Waals surface area (Å²) in [5.74, 6) is 0.838. The number of nitrogens with one attached hydrogen (secondary N) is 2. The number of piperazine rings is 1. The molecule has 1 aromatic heterocycles. The predicted octanol–water partition coefficient (Wildman–Crippen LogP) is 0.892. The van der Waals surface area contributed by atoms with Gasteiger partial charge >= 0.3 is 5.69 Å². The van der Waals surface area contributed by atoms with Crippen molar-refractivity contribution in [2.24, 2.45) is 0 Å². The molecule has 3 aromatic rings. The first-order chi connectivity index (χ1) is 15.7. The molecular weight excluding hydrogens is 446 g/mol. The van der Waals surface area contributed by atoms with Crippen molar-refractivity contribution in [3.05, 3.63) is 63.3 Å². The zero-order valence-electron chi connectivity index (χ0n) is 18.6. The van der Waals surface area contributed by atoms with Gasteiger partial charge < -0.3 is 14.6 Å². The van der Waals surface area contributed by atoms with Gasteiger partial charge in [-0.2, -0.15) is 0 Å². The van der Waals surface area contributed by atoms with Gasteiger partial charge in [0.05, 0.1) is 30.0 Å². The third-order valence-corrected chi connectivity index (χ3v) is 6.33. The second kappa shape index (κ2) is 9.28. The van der Waals surface area contributed by atoms with Crippen molar-refractivity contribution in [2.75, 3.05) is 55.7 Å². The molecule has 176 valence electrons. The van der Waals surface area contributed by atoms with Gasteiger partial charge in [-0.15, -0.1) is 0 Å². The Kier molecular flexibility index (Phi) is 6.43. The number of benzene rings is 2. The maximum atomic E-state index is 13.0.